The fourth-order valence-electron chi connectivity index (χ4n) is 1.65. The lowest BCUT2D eigenvalue weighted by atomic mass is 10.2. The standard InChI is InChI=1S/C11H14OS2/c12-9-14-7-6-13-11(14)8-10-4-2-1-3-5-10/h1-5,9,11,14H,6-8H2. The normalized spacial score (nSPS) is 28.9. The van der Waals surface area contributed by atoms with Crippen LogP contribution in [0.2, 0.25) is 0 Å². The lowest BCUT2D eigenvalue weighted by molar-refractivity contribution is 0.569. The van der Waals surface area contributed by atoms with Gasteiger partial charge in [0, 0.05) is 10.3 Å². The molecule has 0 amide bonds. The van der Waals surface area contributed by atoms with E-state index in [-0.39, 0.29) is 10.9 Å². The van der Waals surface area contributed by atoms with Crippen LogP contribution in [0.25, 0.3) is 0 Å². The second-order valence-electron chi connectivity index (χ2n) is 3.36. The largest absolute Gasteiger partial charge is 0.293 e. The number of thioether (sulfide) groups is 1. The van der Waals surface area contributed by atoms with E-state index >= 15 is 0 Å². The third kappa shape index (κ3) is 2.34. The Morgan fingerprint density at radius 1 is 1.43 bits per heavy atom. The summed E-state index contributed by atoms with van der Waals surface area (Å²) in [4.78, 5) is 10.8. The maximum Gasteiger partial charge on any atom is 0.157 e. The van der Waals surface area contributed by atoms with E-state index in [2.05, 4.69) is 24.3 Å². The summed E-state index contributed by atoms with van der Waals surface area (Å²) in [6, 6.07) is 10.5. The van der Waals surface area contributed by atoms with Crippen molar-refractivity contribution in [3.63, 3.8) is 0 Å². The third-order valence-electron chi connectivity index (χ3n) is 2.42. The molecule has 2 unspecified atom stereocenters. The predicted octanol–water partition coefficient (Wildman–Crippen LogP) is 2.49. The Balaban J connectivity index is 2.00. The maximum absolute atomic E-state index is 10.8. The SMILES string of the molecule is O=C[SH]1CCSC1Cc1ccccc1. The predicted molar refractivity (Wildman–Crippen MR) is 67.0 cm³/mol. The van der Waals surface area contributed by atoms with Crippen molar-refractivity contribution in [2.75, 3.05) is 11.5 Å². The lowest BCUT2D eigenvalue weighted by Gasteiger charge is -2.16. The average Bonchev–Trinajstić information content (AvgIpc) is 2.67. The first-order valence-corrected chi connectivity index (χ1v) is 7.48. The second kappa shape index (κ2) is 4.89. The molecule has 0 spiro atoms. The molecular formula is C11H14OS2. The fourth-order valence-corrected chi connectivity index (χ4v) is 6.02. The smallest absolute Gasteiger partial charge is 0.157 e. The summed E-state index contributed by atoms with van der Waals surface area (Å²) in [7, 11) is -0.348. The van der Waals surface area contributed by atoms with Gasteiger partial charge in [-0.05, 0) is 17.7 Å². The molecule has 0 aromatic heterocycles. The first kappa shape index (κ1) is 10.1. The van der Waals surface area contributed by atoms with Gasteiger partial charge >= 0.3 is 0 Å². The number of rotatable bonds is 3. The Labute approximate surface area is 91.6 Å². The Morgan fingerprint density at radius 3 is 2.93 bits per heavy atom. The van der Waals surface area contributed by atoms with Gasteiger partial charge in [-0.25, -0.2) is 0 Å². The number of hydrogen-bond acceptors (Lipinski definition) is 2. The van der Waals surface area contributed by atoms with Crippen molar-refractivity contribution >= 4 is 28.3 Å². The molecule has 14 heavy (non-hydrogen) atoms. The highest BCUT2D eigenvalue weighted by atomic mass is 32.2. The van der Waals surface area contributed by atoms with Crippen LogP contribution in [0, 0.1) is 0 Å². The molecular weight excluding hydrogens is 212 g/mol. The molecule has 2 rings (SSSR count). The molecule has 0 aliphatic carbocycles. The van der Waals surface area contributed by atoms with Gasteiger partial charge in [0.2, 0.25) is 0 Å². The van der Waals surface area contributed by atoms with Crippen LogP contribution >= 0.6 is 22.7 Å². The minimum Gasteiger partial charge on any atom is -0.293 e. The molecule has 1 aliphatic rings. The van der Waals surface area contributed by atoms with Crippen LogP contribution in [0.3, 0.4) is 0 Å². The van der Waals surface area contributed by atoms with Crippen LogP contribution in [-0.2, 0) is 11.2 Å². The highest BCUT2D eigenvalue weighted by Crippen LogP contribution is 2.44. The van der Waals surface area contributed by atoms with Crippen molar-refractivity contribution in [2.45, 2.75) is 11.0 Å². The molecule has 1 aromatic carbocycles. The van der Waals surface area contributed by atoms with Gasteiger partial charge in [-0.1, -0.05) is 30.3 Å². The van der Waals surface area contributed by atoms with Gasteiger partial charge in [-0.15, -0.1) is 11.8 Å². The fraction of sp³-hybridized carbons (Fsp3) is 0.364. The van der Waals surface area contributed by atoms with Gasteiger partial charge < -0.3 is 0 Å². The van der Waals surface area contributed by atoms with E-state index in [0.717, 1.165) is 12.2 Å². The zero-order valence-corrected chi connectivity index (χ0v) is 9.64. The van der Waals surface area contributed by atoms with E-state index in [1.807, 2.05) is 17.8 Å². The monoisotopic (exact) mass is 226 g/mol. The summed E-state index contributed by atoms with van der Waals surface area (Å²) in [5, 5.41) is 0. The van der Waals surface area contributed by atoms with E-state index in [9.17, 15) is 4.79 Å². The first-order valence-electron chi connectivity index (χ1n) is 4.77. The Hall–Kier alpha value is -0.410. The zero-order valence-electron chi connectivity index (χ0n) is 7.93. The molecule has 0 bridgehead atoms. The van der Waals surface area contributed by atoms with Crippen molar-refractivity contribution in [3.8, 4) is 0 Å². The summed E-state index contributed by atoms with van der Waals surface area (Å²) in [6.07, 6.45) is 1.07. The molecule has 2 atom stereocenters. The van der Waals surface area contributed by atoms with Crippen LogP contribution < -0.4 is 0 Å². The van der Waals surface area contributed by atoms with Crippen LogP contribution in [0.5, 0.6) is 0 Å². The van der Waals surface area contributed by atoms with Crippen molar-refractivity contribution in [3.05, 3.63) is 35.9 Å². The van der Waals surface area contributed by atoms with E-state index in [0.29, 0.717) is 4.58 Å². The highest BCUT2D eigenvalue weighted by Gasteiger charge is 2.23. The molecule has 0 saturated carbocycles. The van der Waals surface area contributed by atoms with Crippen LogP contribution in [0.15, 0.2) is 30.3 Å². The molecule has 3 heteroatoms. The highest BCUT2D eigenvalue weighted by molar-refractivity contribution is 8.37. The summed E-state index contributed by atoms with van der Waals surface area (Å²) in [5.74, 6) is 2.29. The van der Waals surface area contributed by atoms with E-state index in [4.69, 9.17) is 0 Å². The number of benzene rings is 1. The second-order valence-corrected chi connectivity index (χ2v) is 7.33. The number of hydrogen-bond donors (Lipinski definition) is 1. The molecule has 76 valence electrons. The number of carbonyl (C=O) groups is 1. The molecule has 1 heterocycles. The van der Waals surface area contributed by atoms with Gasteiger partial charge in [0.15, 0.2) is 5.62 Å². The third-order valence-corrected chi connectivity index (χ3v) is 6.90. The van der Waals surface area contributed by atoms with Crippen molar-refractivity contribution in [1.82, 2.24) is 0 Å². The minimum atomic E-state index is -0.348. The van der Waals surface area contributed by atoms with Crippen molar-refractivity contribution < 1.29 is 4.79 Å². The van der Waals surface area contributed by atoms with E-state index < -0.39 is 0 Å². The van der Waals surface area contributed by atoms with Gasteiger partial charge in [0.1, 0.15) is 0 Å². The van der Waals surface area contributed by atoms with Crippen LogP contribution in [0.1, 0.15) is 5.56 Å². The number of carbonyl (C=O) groups excluding carboxylic acids is 1. The molecule has 0 N–H and O–H groups in total. The molecule has 0 radical (unpaired) electrons. The first-order chi connectivity index (χ1) is 6.90. The Kier molecular flexibility index (Phi) is 3.54. The van der Waals surface area contributed by atoms with Gasteiger partial charge in [-0.3, -0.25) is 4.79 Å². The zero-order chi connectivity index (χ0) is 9.80. The topological polar surface area (TPSA) is 17.1 Å². The Morgan fingerprint density at radius 2 is 2.21 bits per heavy atom. The molecule has 1 saturated heterocycles. The summed E-state index contributed by atoms with van der Waals surface area (Å²) < 4.78 is 0.574. The van der Waals surface area contributed by atoms with Crippen LogP contribution in [0.4, 0.5) is 0 Å². The quantitative estimate of drug-likeness (QED) is 0.630. The summed E-state index contributed by atoms with van der Waals surface area (Å²) in [6.45, 7) is 0. The van der Waals surface area contributed by atoms with Gasteiger partial charge in [0.05, 0.1) is 0 Å². The molecule has 1 fully saturated rings. The molecule has 1 nitrogen and oxygen atoms in total. The maximum atomic E-state index is 10.8. The lowest BCUT2D eigenvalue weighted by Crippen LogP contribution is -2.04. The van der Waals surface area contributed by atoms with E-state index in [1.54, 1.807) is 0 Å². The number of thiol groups is 1. The average molecular weight is 226 g/mol. The van der Waals surface area contributed by atoms with Crippen LogP contribution in [-0.4, -0.2) is 21.7 Å². The van der Waals surface area contributed by atoms with Crippen molar-refractivity contribution in [1.29, 1.82) is 0 Å². The summed E-state index contributed by atoms with van der Waals surface area (Å²) >= 11 is 1.97. The minimum absolute atomic E-state index is 0.348. The Bertz CT molecular complexity index is 299. The summed E-state index contributed by atoms with van der Waals surface area (Å²) in [5.41, 5.74) is 2.56. The molecule has 1 aromatic rings. The van der Waals surface area contributed by atoms with E-state index in [1.165, 1.54) is 16.9 Å². The van der Waals surface area contributed by atoms with Gasteiger partial charge in [0.25, 0.3) is 0 Å². The van der Waals surface area contributed by atoms with Gasteiger partial charge in [-0.2, -0.15) is 10.9 Å². The molecule has 1 aliphatic heterocycles. The van der Waals surface area contributed by atoms with Crippen molar-refractivity contribution in [2.24, 2.45) is 0 Å².